The number of primary amides is 1. The molecule has 1 saturated heterocycles. The maximum atomic E-state index is 11.5. The smallest absolute Gasteiger partial charge is 0.248 e. The van der Waals surface area contributed by atoms with E-state index in [1.807, 2.05) is 18.2 Å². The van der Waals surface area contributed by atoms with E-state index in [2.05, 4.69) is 59.2 Å². The number of hydrogen-bond donors (Lipinski definition) is 1. The molecule has 3 aromatic rings. The number of ether oxygens (including phenoxy) is 1. The van der Waals surface area contributed by atoms with Gasteiger partial charge in [-0.15, -0.1) is 0 Å². The summed E-state index contributed by atoms with van der Waals surface area (Å²) in [6.45, 7) is 7.13. The number of benzene rings is 3. The van der Waals surface area contributed by atoms with Crippen molar-refractivity contribution in [2.45, 2.75) is 31.9 Å². The van der Waals surface area contributed by atoms with Gasteiger partial charge in [0.05, 0.1) is 12.7 Å². The zero-order valence-electron chi connectivity index (χ0n) is 18.7. The van der Waals surface area contributed by atoms with Crippen LogP contribution in [0.3, 0.4) is 0 Å². The average Bonchev–Trinajstić information content (AvgIpc) is 2.82. The van der Waals surface area contributed by atoms with Gasteiger partial charge in [-0.2, -0.15) is 0 Å². The minimum atomic E-state index is -0.367. The molecule has 5 heteroatoms. The summed E-state index contributed by atoms with van der Waals surface area (Å²) in [5.74, 6) is -0.367. The summed E-state index contributed by atoms with van der Waals surface area (Å²) in [7, 11) is 0. The van der Waals surface area contributed by atoms with E-state index in [0.717, 1.165) is 39.0 Å². The lowest BCUT2D eigenvalue weighted by Gasteiger charge is -2.42. The summed E-state index contributed by atoms with van der Waals surface area (Å²) >= 11 is 0. The number of carbonyl (C=O) groups is 1. The summed E-state index contributed by atoms with van der Waals surface area (Å²) in [6.07, 6.45) is 1.89. The van der Waals surface area contributed by atoms with E-state index in [1.54, 1.807) is 0 Å². The van der Waals surface area contributed by atoms with Gasteiger partial charge in [0, 0.05) is 48.9 Å². The normalized spacial score (nSPS) is 21.5. The van der Waals surface area contributed by atoms with Gasteiger partial charge in [0.25, 0.3) is 0 Å². The molecule has 3 aromatic carbocycles. The first kappa shape index (κ1) is 21.0. The molecule has 2 N–H and O–H groups in total. The Labute approximate surface area is 189 Å². The molecule has 0 aliphatic carbocycles. The van der Waals surface area contributed by atoms with Gasteiger partial charge in [-0.1, -0.05) is 42.5 Å². The number of piperazine rings is 1. The lowest BCUT2D eigenvalue weighted by Crippen LogP contribution is -2.52. The number of hydrogen-bond acceptors (Lipinski definition) is 4. The second-order valence-corrected chi connectivity index (χ2v) is 9.01. The number of carbonyl (C=O) groups excluding carboxylic acids is 1. The molecule has 2 aliphatic heterocycles. The molecule has 0 bridgehead atoms. The van der Waals surface area contributed by atoms with Gasteiger partial charge in [-0.05, 0) is 54.5 Å². The van der Waals surface area contributed by atoms with Crippen molar-refractivity contribution in [2.75, 3.05) is 37.7 Å². The van der Waals surface area contributed by atoms with Gasteiger partial charge in [0.2, 0.25) is 5.91 Å². The van der Waals surface area contributed by atoms with Gasteiger partial charge >= 0.3 is 0 Å². The summed E-state index contributed by atoms with van der Waals surface area (Å²) in [5, 5.41) is 2.63. The Balaban J connectivity index is 1.24. The van der Waals surface area contributed by atoms with Crippen molar-refractivity contribution in [2.24, 2.45) is 5.73 Å². The summed E-state index contributed by atoms with van der Waals surface area (Å²) in [4.78, 5) is 16.6. The minimum Gasteiger partial charge on any atom is -0.373 e. The Bertz CT molecular complexity index is 1120. The molecule has 2 atom stereocenters. The summed E-state index contributed by atoms with van der Waals surface area (Å²) in [6, 6.07) is 21.5. The van der Waals surface area contributed by atoms with Crippen LogP contribution in [-0.2, 0) is 11.2 Å². The molecule has 5 nitrogen and oxygen atoms in total. The van der Waals surface area contributed by atoms with Gasteiger partial charge in [-0.3, -0.25) is 9.69 Å². The number of nitrogens with zero attached hydrogens (tertiary/aromatic N) is 2. The highest BCUT2D eigenvalue weighted by atomic mass is 16.5. The van der Waals surface area contributed by atoms with Crippen molar-refractivity contribution < 1.29 is 9.53 Å². The first-order chi connectivity index (χ1) is 15.6. The second kappa shape index (κ2) is 8.93. The molecule has 166 valence electrons. The van der Waals surface area contributed by atoms with Crippen LogP contribution < -0.4 is 10.6 Å². The van der Waals surface area contributed by atoms with Crippen LogP contribution in [0.15, 0.2) is 60.7 Å². The standard InChI is InChI=1S/C27H31N3O2/c1-19-18-30(25-8-4-6-20-5-2-3-7-23(20)25)15-14-29(19)13-11-26-24-10-9-22(27(28)31)17-21(24)12-16-32-26/h2-10,17,19,26H,11-16,18H2,1H3,(H2,28,31)/t19-,26?/m0/s1. The number of nitrogens with two attached hydrogens (primary N) is 1. The predicted molar refractivity (Wildman–Crippen MR) is 129 cm³/mol. The molecule has 0 saturated carbocycles. The Morgan fingerprint density at radius 1 is 1.09 bits per heavy atom. The molecular formula is C27H31N3O2. The lowest BCUT2D eigenvalue weighted by atomic mass is 9.93. The van der Waals surface area contributed by atoms with E-state index in [9.17, 15) is 4.79 Å². The van der Waals surface area contributed by atoms with Gasteiger partial charge < -0.3 is 15.4 Å². The second-order valence-electron chi connectivity index (χ2n) is 9.01. The largest absolute Gasteiger partial charge is 0.373 e. The SMILES string of the molecule is C[C@H]1CN(c2cccc3ccccc23)CCN1CCC1OCCc2cc(C(N)=O)ccc21. The molecule has 1 unspecified atom stereocenters. The third-order valence-corrected chi connectivity index (χ3v) is 7.02. The van der Waals surface area contributed by atoms with Gasteiger partial charge in [0.15, 0.2) is 0 Å². The van der Waals surface area contributed by atoms with Crippen molar-refractivity contribution in [3.8, 4) is 0 Å². The van der Waals surface area contributed by atoms with Gasteiger partial charge in [0.1, 0.15) is 0 Å². The summed E-state index contributed by atoms with van der Waals surface area (Å²) < 4.78 is 6.12. The Morgan fingerprint density at radius 2 is 1.94 bits per heavy atom. The van der Waals surface area contributed by atoms with Crippen molar-refractivity contribution in [3.63, 3.8) is 0 Å². The molecule has 0 aromatic heterocycles. The quantitative estimate of drug-likeness (QED) is 0.662. The average molecular weight is 430 g/mol. The van der Waals surface area contributed by atoms with Crippen LogP contribution in [0, 0.1) is 0 Å². The lowest BCUT2D eigenvalue weighted by molar-refractivity contribution is 0.0255. The maximum Gasteiger partial charge on any atom is 0.248 e. The fourth-order valence-corrected chi connectivity index (χ4v) is 5.24. The van der Waals surface area contributed by atoms with Crippen LogP contribution >= 0.6 is 0 Å². The predicted octanol–water partition coefficient (Wildman–Crippen LogP) is 4.15. The first-order valence-electron chi connectivity index (χ1n) is 11.6. The molecule has 2 aliphatic rings. The highest BCUT2D eigenvalue weighted by Gasteiger charge is 2.27. The minimum absolute atomic E-state index is 0.0870. The molecule has 1 fully saturated rings. The fraction of sp³-hybridized carbons (Fsp3) is 0.370. The zero-order chi connectivity index (χ0) is 22.1. The van der Waals surface area contributed by atoms with Gasteiger partial charge in [-0.25, -0.2) is 0 Å². The first-order valence-corrected chi connectivity index (χ1v) is 11.6. The Kier molecular flexibility index (Phi) is 5.85. The van der Waals surface area contributed by atoms with Crippen molar-refractivity contribution in [3.05, 3.63) is 77.4 Å². The van der Waals surface area contributed by atoms with Crippen molar-refractivity contribution in [1.82, 2.24) is 4.90 Å². The maximum absolute atomic E-state index is 11.5. The van der Waals surface area contributed by atoms with Crippen LogP contribution in [-0.4, -0.2) is 49.6 Å². The summed E-state index contributed by atoms with van der Waals surface area (Å²) in [5.41, 5.74) is 9.79. The third-order valence-electron chi connectivity index (χ3n) is 7.02. The zero-order valence-corrected chi connectivity index (χ0v) is 18.7. The number of anilines is 1. The van der Waals surface area contributed by atoms with Crippen LogP contribution in [0.4, 0.5) is 5.69 Å². The van der Waals surface area contributed by atoms with E-state index in [0.29, 0.717) is 18.2 Å². The molecule has 32 heavy (non-hydrogen) atoms. The Hall–Kier alpha value is -2.89. The fourth-order valence-electron chi connectivity index (χ4n) is 5.24. The third kappa shape index (κ3) is 4.10. The molecule has 0 radical (unpaired) electrons. The Morgan fingerprint density at radius 3 is 2.78 bits per heavy atom. The molecular weight excluding hydrogens is 398 g/mol. The number of amides is 1. The van der Waals surface area contributed by atoms with Crippen LogP contribution in [0.1, 0.15) is 40.9 Å². The molecule has 5 rings (SSSR count). The van der Waals surface area contributed by atoms with Crippen molar-refractivity contribution in [1.29, 1.82) is 0 Å². The molecule has 2 heterocycles. The number of fused-ring (bicyclic) bond motifs is 2. The van der Waals surface area contributed by atoms with E-state index in [4.69, 9.17) is 10.5 Å². The highest BCUT2D eigenvalue weighted by molar-refractivity contribution is 5.94. The highest BCUT2D eigenvalue weighted by Crippen LogP contribution is 2.32. The van der Waals surface area contributed by atoms with Crippen LogP contribution in [0.5, 0.6) is 0 Å². The topological polar surface area (TPSA) is 58.8 Å². The number of rotatable bonds is 5. The molecule has 1 amide bonds. The van der Waals surface area contributed by atoms with Crippen molar-refractivity contribution >= 4 is 22.4 Å². The molecule has 0 spiro atoms. The monoisotopic (exact) mass is 429 g/mol. The van der Waals surface area contributed by atoms with E-state index < -0.39 is 0 Å². The van der Waals surface area contributed by atoms with E-state index >= 15 is 0 Å². The van der Waals surface area contributed by atoms with Crippen LogP contribution in [0.2, 0.25) is 0 Å². The van der Waals surface area contributed by atoms with Crippen LogP contribution in [0.25, 0.3) is 10.8 Å². The van der Waals surface area contributed by atoms with E-state index in [-0.39, 0.29) is 12.0 Å². The van der Waals surface area contributed by atoms with E-state index in [1.165, 1.54) is 27.6 Å².